The van der Waals surface area contributed by atoms with Gasteiger partial charge in [0.15, 0.2) is 0 Å². The van der Waals surface area contributed by atoms with Crippen LogP contribution in [-0.4, -0.2) is 143 Å². The van der Waals surface area contributed by atoms with Crippen molar-refractivity contribution < 1.29 is 54.4 Å². The third-order valence-electron chi connectivity index (χ3n) is 10.2. The van der Waals surface area contributed by atoms with Crippen molar-refractivity contribution in [2.45, 2.75) is 83.8 Å². The normalized spacial score (nSPS) is 15.3. The number of nitrogen functional groups attached to an aromatic ring is 1. The van der Waals surface area contributed by atoms with Gasteiger partial charge < -0.3 is 56.9 Å². The number of carboxylic acid groups (broad SMARTS) is 3. The summed E-state index contributed by atoms with van der Waals surface area (Å²) in [6, 6.07) is 9.55. The first kappa shape index (κ1) is 54.4. The summed E-state index contributed by atoms with van der Waals surface area (Å²) in [5.74, 6) is -5.24. The number of hydrogen-bond donors (Lipinski definition) is 6. The Bertz CT molecular complexity index is 2010. The summed E-state index contributed by atoms with van der Waals surface area (Å²) in [6.45, 7) is 1.63. The molecule has 2 amide bonds. The summed E-state index contributed by atoms with van der Waals surface area (Å²) in [5.41, 5.74) is 7.39. The van der Waals surface area contributed by atoms with Crippen molar-refractivity contribution in [2.75, 3.05) is 50.3 Å². The minimum Gasteiger partial charge on any atom is -0.870 e. The van der Waals surface area contributed by atoms with E-state index < -0.39 is 41.8 Å². The van der Waals surface area contributed by atoms with Crippen LogP contribution in [0, 0.1) is 5.92 Å². The van der Waals surface area contributed by atoms with E-state index in [0.29, 0.717) is 68.6 Å². The molecule has 1 aromatic heterocycles. The summed E-state index contributed by atoms with van der Waals surface area (Å²) < 4.78 is 0. The van der Waals surface area contributed by atoms with E-state index in [2.05, 4.69) is 25.9 Å². The van der Waals surface area contributed by atoms with E-state index in [-0.39, 0.29) is 113 Å². The second kappa shape index (κ2) is 27.4. The Morgan fingerprint density at radius 1 is 0.952 bits per heavy atom. The molecule has 2 unspecified atom stereocenters. The molecule has 1 aliphatic rings. The molecular formula is C41H58GaN8O12-3. The van der Waals surface area contributed by atoms with E-state index in [1.54, 1.807) is 35.2 Å². The molecule has 3 atom stereocenters. The maximum atomic E-state index is 12.9. The van der Waals surface area contributed by atoms with Gasteiger partial charge in [0.25, 0.3) is 11.5 Å². The van der Waals surface area contributed by atoms with Gasteiger partial charge in [0.05, 0.1) is 22.9 Å². The van der Waals surface area contributed by atoms with E-state index in [9.17, 15) is 53.7 Å². The van der Waals surface area contributed by atoms with E-state index in [1.807, 2.05) is 4.90 Å². The van der Waals surface area contributed by atoms with Crippen LogP contribution in [0.3, 0.4) is 0 Å². The van der Waals surface area contributed by atoms with Gasteiger partial charge in [-0.2, -0.15) is 0 Å². The predicted octanol–water partition coefficient (Wildman–Crippen LogP) is -1.93. The molecule has 2 heterocycles. The molecule has 340 valence electrons. The molecule has 1 saturated heterocycles. The maximum Gasteiger partial charge on any atom is -0.870 e. The second-order valence-electron chi connectivity index (χ2n) is 14.6. The molecule has 21 heteroatoms. The molecule has 4 rings (SSSR count). The Kier molecular flexibility index (Phi) is 24.0. The number of amides is 2. The van der Waals surface area contributed by atoms with E-state index in [1.165, 1.54) is 12.1 Å². The zero-order valence-electron chi connectivity index (χ0n) is 33.1. The number of fused-ring (bicyclic) bond motifs is 1. The third-order valence-corrected chi connectivity index (χ3v) is 10.2. The van der Waals surface area contributed by atoms with E-state index in [0.717, 1.165) is 11.8 Å². The van der Waals surface area contributed by atoms with Crippen molar-refractivity contribution >= 4 is 84.1 Å². The molecule has 8 N–H and O–H groups in total. The van der Waals surface area contributed by atoms with Crippen molar-refractivity contribution in [3.8, 4) is 0 Å². The van der Waals surface area contributed by atoms with Gasteiger partial charge in [-0.05, 0) is 99.5 Å². The minimum atomic E-state index is -1.34. The second-order valence-corrected chi connectivity index (χ2v) is 14.6. The number of nitrogens with two attached hydrogens (primary N) is 1. The topological polar surface area (TPSA) is 330 Å². The number of carbonyl (C=O) groups is 7. The summed E-state index contributed by atoms with van der Waals surface area (Å²) in [7, 11) is 0. The van der Waals surface area contributed by atoms with Crippen LogP contribution in [0.25, 0.3) is 10.9 Å². The SMILES string of the molecule is C.Nc1nc2ccc(CNc3ccc(C(=O)N[C@@H](CCC(=O)NCCCC(=O)CCC(C=O)N4CCC(CC(=O)[O-])CCN(CC(=O)[O-])CC4)C(=O)O)cc3)cc2c(=O)[nH]1.[GaH3].[OH-]. The summed E-state index contributed by atoms with van der Waals surface area (Å²) in [4.78, 5) is 107. The average Bonchev–Trinajstić information content (AvgIpc) is 3.28. The van der Waals surface area contributed by atoms with Crippen LogP contribution in [0.2, 0.25) is 0 Å². The monoisotopic (exact) mass is 923 g/mol. The van der Waals surface area contributed by atoms with Gasteiger partial charge in [-0.15, -0.1) is 0 Å². The smallest absolute Gasteiger partial charge is 0.870 e. The minimum absolute atomic E-state index is 0. The fraction of sp³-hybridized carbons (Fsp3) is 0.488. The fourth-order valence-corrected chi connectivity index (χ4v) is 6.87. The standard InChI is InChI=1S/C40H52N8O11.CH4.Ga.H2O.3H/c41-40-45-32-10-3-26(20-31(32)38(57)46-40)22-43-28-6-4-27(5-7-28)37(56)44-33(39(58)59)11-12-34(51)42-15-1-2-30(50)9-8-29(24-49)48-17-14-25(21-35(52)53)13-16-47(18-19-48)23-36(54)55;;;;;;/h3-7,10,20,24-25,29,33,43H,1-2,8-9,11-19,21-23H2,(H,42,51)(H,44,56)(H,52,53)(H,54,55)(H,58,59)(H3,41,45,46,57);1H4;;1H2;;;/p-3/t25?,29?,33-;;;;;;/m0....../s1. The van der Waals surface area contributed by atoms with Crippen molar-refractivity contribution in [3.05, 3.63) is 63.9 Å². The van der Waals surface area contributed by atoms with Gasteiger partial charge in [0.1, 0.15) is 18.1 Å². The number of nitrogens with zero attached hydrogens (tertiary/aromatic N) is 3. The van der Waals surface area contributed by atoms with Gasteiger partial charge in [0, 0.05) is 69.2 Å². The predicted molar refractivity (Wildman–Crippen MR) is 229 cm³/mol. The summed E-state index contributed by atoms with van der Waals surface area (Å²) in [5, 5.41) is 40.8. The number of benzene rings is 2. The summed E-state index contributed by atoms with van der Waals surface area (Å²) in [6.07, 6.45) is 1.84. The number of nitrogens with one attached hydrogen (secondary N) is 4. The number of rotatable bonds is 22. The van der Waals surface area contributed by atoms with Gasteiger partial charge in [0.2, 0.25) is 11.9 Å². The van der Waals surface area contributed by atoms with Crippen LogP contribution in [0.15, 0.2) is 47.3 Å². The van der Waals surface area contributed by atoms with Gasteiger partial charge in [-0.25, -0.2) is 9.78 Å². The van der Waals surface area contributed by atoms with Crippen LogP contribution >= 0.6 is 0 Å². The molecule has 0 spiro atoms. The molecule has 2 aromatic carbocycles. The van der Waals surface area contributed by atoms with Gasteiger partial charge >= 0.3 is 25.8 Å². The number of aldehydes is 1. The Balaban J connectivity index is 0.00000641. The van der Waals surface area contributed by atoms with Crippen LogP contribution in [-0.2, 0) is 35.3 Å². The number of carbonyl (C=O) groups excluding carboxylic acids is 6. The molecule has 1 aliphatic heterocycles. The molecule has 1 fully saturated rings. The first-order valence-electron chi connectivity index (χ1n) is 19.5. The molecular weight excluding hydrogens is 866 g/mol. The quantitative estimate of drug-likeness (QED) is 0.0363. The van der Waals surface area contributed by atoms with Crippen LogP contribution in [0.5, 0.6) is 0 Å². The van der Waals surface area contributed by atoms with Crippen molar-refractivity contribution in [2.24, 2.45) is 5.92 Å². The number of hydrogen-bond acceptors (Lipinski definition) is 16. The number of anilines is 2. The van der Waals surface area contributed by atoms with Crippen molar-refractivity contribution in [3.63, 3.8) is 0 Å². The largest absolute Gasteiger partial charge is 0.870 e. The maximum absolute atomic E-state index is 12.9. The number of carboxylic acids is 3. The fourth-order valence-electron chi connectivity index (χ4n) is 6.87. The first-order chi connectivity index (χ1) is 28.2. The van der Waals surface area contributed by atoms with Gasteiger partial charge in [-0.1, -0.05) is 13.5 Å². The number of ketones is 1. The Labute approximate surface area is 371 Å². The average molecular weight is 925 g/mol. The van der Waals surface area contributed by atoms with E-state index in [4.69, 9.17) is 5.73 Å². The third kappa shape index (κ3) is 18.2. The molecule has 0 saturated carbocycles. The number of aromatic nitrogens is 2. The Morgan fingerprint density at radius 2 is 1.66 bits per heavy atom. The first-order valence-corrected chi connectivity index (χ1v) is 19.5. The zero-order chi connectivity index (χ0) is 42.9. The number of Topliss-reactive ketones (excluding diaryl/α,β-unsaturated/α-hetero) is 1. The Hall–Kier alpha value is -5.61. The van der Waals surface area contributed by atoms with Crippen molar-refractivity contribution in [1.82, 2.24) is 30.4 Å². The molecule has 3 aromatic rings. The molecule has 0 aliphatic carbocycles. The molecule has 0 bridgehead atoms. The zero-order valence-corrected chi connectivity index (χ0v) is 33.1. The van der Waals surface area contributed by atoms with Crippen LogP contribution < -0.4 is 37.5 Å². The van der Waals surface area contributed by atoms with Crippen LogP contribution in [0.4, 0.5) is 11.6 Å². The van der Waals surface area contributed by atoms with Crippen LogP contribution in [0.1, 0.15) is 81.1 Å². The molecule has 20 nitrogen and oxygen atoms in total. The number of aliphatic carboxylic acids is 3. The molecule has 0 radical (unpaired) electrons. The number of aromatic amines is 1. The van der Waals surface area contributed by atoms with Gasteiger partial charge in [-0.3, -0.25) is 34.0 Å². The number of H-pyrrole nitrogens is 1. The van der Waals surface area contributed by atoms with Crippen molar-refractivity contribution in [1.29, 1.82) is 0 Å². The summed E-state index contributed by atoms with van der Waals surface area (Å²) >= 11 is 0. The van der Waals surface area contributed by atoms with E-state index >= 15 is 0 Å². The molecule has 62 heavy (non-hydrogen) atoms. The Morgan fingerprint density at radius 3 is 2.32 bits per heavy atom.